The summed E-state index contributed by atoms with van der Waals surface area (Å²) in [5.74, 6) is 0.947. The number of pyridine rings is 1. The summed E-state index contributed by atoms with van der Waals surface area (Å²) in [5, 5.41) is 5.96. The smallest absolute Gasteiger partial charge is 0.410 e. The summed E-state index contributed by atoms with van der Waals surface area (Å²) in [6.07, 6.45) is 1.80. The normalized spacial score (nSPS) is 16.0. The largest absolute Gasteiger partial charge is 0.473 e. The van der Waals surface area contributed by atoms with Crippen LogP contribution in [0.3, 0.4) is 0 Å². The molecule has 1 amide bonds. The highest BCUT2D eigenvalue weighted by Gasteiger charge is 2.36. The molecule has 7 rings (SSSR count). The third-order valence-electron chi connectivity index (χ3n) is 10.4. The molecule has 10 heteroatoms. The summed E-state index contributed by atoms with van der Waals surface area (Å²) in [5.41, 5.74) is 5.25. The topological polar surface area (TPSA) is 82.0 Å². The number of aryl methyl sites for hydroxylation is 1. The lowest BCUT2D eigenvalue weighted by molar-refractivity contribution is 0.0104. The van der Waals surface area contributed by atoms with Crippen LogP contribution in [0.25, 0.3) is 22.2 Å². The Morgan fingerprint density at radius 2 is 1.38 bits per heavy atom. The minimum atomic E-state index is -0.859. The Labute approximate surface area is 325 Å². The quantitative estimate of drug-likeness (QED) is 0.141. The number of amides is 1. The molecule has 2 aliphatic heterocycles. The average molecular weight is 750 g/mol. The van der Waals surface area contributed by atoms with E-state index >= 15 is 4.39 Å². The Balaban J connectivity index is 0.00000253. The Bertz CT molecular complexity index is 1980. The first-order chi connectivity index (χ1) is 26.6. The molecule has 0 radical (unpaired) electrons. The number of carbonyl (C=O) groups excluding carboxylic acids is 1. The van der Waals surface area contributed by atoms with Crippen molar-refractivity contribution in [3.05, 3.63) is 102 Å². The first-order valence-electron chi connectivity index (χ1n) is 19.8. The fourth-order valence-corrected chi connectivity index (χ4v) is 7.48. The highest BCUT2D eigenvalue weighted by atomic mass is 19.1. The van der Waals surface area contributed by atoms with Gasteiger partial charge in [0.2, 0.25) is 11.8 Å². The van der Waals surface area contributed by atoms with E-state index in [4.69, 9.17) is 24.3 Å². The van der Waals surface area contributed by atoms with Gasteiger partial charge in [0.05, 0.1) is 11.1 Å². The van der Waals surface area contributed by atoms with Gasteiger partial charge < -0.3 is 24.0 Å². The molecule has 4 heterocycles. The first kappa shape index (κ1) is 39.6. The Kier molecular flexibility index (Phi) is 13.0. The van der Waals surface area contributed by atoms with Crippen molar-refractivity contribution in [3.63, 3.8) is 0 Å². The molecule has 0 saturated carbocycles. The lowest BCUT2D eigenvalue weighted by atomic mass is 9.81. The lowest BCUT2D eigenvalue weighted by Crippen LogP contribution is -2.45. The number of rotatable bonds is 10. The van der Waals surface area contributed by atoms with Gasteiger partial charge >= 0.3 is 6.09 Å². The van der Waals surface area contributed by atoms with Crippen LogP contribution in [0.4, 0.5) is 14.9 Å². The van der Waals surface area contributed by atoms with E-state index in [2.05, 4.69) is 23.1 Å². The van der Waals surface area contributed by atoms with E-state index in [-0.39, 0.29) is 17.9 Å². The molecule has 55 heavy (non-hydrogen) atoms. The molecule has 292 valence electrons. The summed E-state index contributed by atoms with van der Waals surface area (Å²) in [6, 6.07) is 30.3. The lowest BCUT2D eigenvalue weighted by Gasteiger charge is -2.39. The van der Waals surface area contributed by atoms with E-state index in [0.29, 0.717) is 50.9 Å². The SMILES string of the molecule is CC.Cn1nc(-c2ccc(OCc3ccccc3)nc2OCc2ccccc2)c2ccc(N3CCC(C(F)C4CCN(C(=O)OC(C)(C)C)CC4)CC3)cc21. The maximum absolute atomic E-state index is 15.9. The van der Waals surface area contributed by atoms with Gasteiger partial charge in [-0.1, -0.05) is 74.5 Å². The minimum absolute atomic E-state index is 0.0185. The van der Waals surface area contributed by atoms with Gasteiger partial charge in [0, 0.05) is 50.4 Å². The van der Waals surface area contributed by atoms with E-state index in [1.54, 1.807) is 4.90 Å². The predicted molar refractivity (Wildman–Crippen MR) is 217 cm³/mol. The number of halogens is 1. The van der Waals surface area contributed by atoms with Gasteiger partial charge in [-0.2, -0.15) is 10.1 Å². The van der Waals surface area contributed by atoms with Crippen molar-refractivity contribution in [2.24, 2.45) is 18.9 Å². The van der Waals surface area contributed by atoms with Crippen molar-refractivity contribution < 1.29 is 23.4 Å². The maximum atomic E-state index is 15.9. The molecule has 5 aromatic rings. The second-order valence-corrected chi connectivity index (χ2v) is 15.3. The number of ether oxygens (including phenoxy) is 3. The van der Waals surface area contributed by atoms with Crippen molar-refractivity contribution in [2.75, 3.05) is 31.1 Å². The van der Waals surface area contributed by atoms with Crippen LogP contribution >= 0.6 is 0 Å². The van der Waals surface area contributed by atoms with Crippen LogP contribution in [0.1, 0.15) is 71.4 Å². The molecule has 2 aromatic heterocycles. The minimum Gasteiger partial charge on any atom is -0.473 e. The molecule has 1 unspecified atom stereocenters. The summed E-state index contributed by atoms with van der Waals surface area (Å²) in [6.45, 7) is 13.1. The van der Waals surface area contributed by atoms with Crippen molar-refractivity contribution >= 4 is 22.7 Å². The highest BCUT2D eigenvalue weighted by molar-refractivity contribution is 5.96. The third kappa shape index (κ3) is 9.96. The van der Waals surface area contributed by atoms with Crippen molar-refractivity contribution in [1.82, 2.24) is 19.7 Å². The van der Waals surface area contributed by atoms with Crippen LogP contribution in [-0.4, -0.2) is 63.7 Å². The standard InChI is InChI=1S/C43H50FN5O4.C2H6/c1-43(2,3)53-42(50)49-25-21-33(22-26-49)39(44)32-19-23-48(24-20-32)34-15-16-35-37(27-34)47(4)46-40(35)36-17-18-38(51-28-30-11-7-5-8-12-30)45-41(36)52-29-31-13-9-6-10-14-31;1-2/h5-18,27,32-33,39H,19-26,28-29H2,1-4H3;1-2H3. The zero-order valence-corrected chi connectivity index (χ0v) is 33.2. The van der Waals surface area contributed by atoms with E-state index < -0.39 is 11.8 Å². The van der Waals surface area contributed by atoms with Gasteiger partial charge in [0.15, 0.2) is 0 Å². The Morgan fingerprint density at radius 3 is 1.98 bits per heavy atom. The summed E-state index contributed by atoms with van der Waals surface area (Å²) in [4.78, 5) is 21.4. The molecule has 0 N–H and O–H groups in total. The van der Waals surface area contributed by atoms with E-state index in [0.717, 1.165) is 64.9 Å². The zero-order valence-electron chi connectivity index (χ0n) is 33.2. The van der Waals surface area contributed by atoms with E-state index in [1.165, 1.54) is 0 Å². The van der Waals surface area contributed by atoms with Crippen LogP contribution in [-0.2, 0) is 25.0 Å². The number of benzene rings is 3. The highest BCUT2D eigenvalue weighted by Crippen LogP contribution is 2.38. The van der Waals surface area contributed by atoms with Gasteiger partial charge in [-0.25, -0.2) is 9.18 Å². The number of fused-ring (bicyclic) bond motifs is 1. The number of nitrogens with zero attached hydrogens (tertiary/aromatic N) is 5. The summed E-state index contributed by atoms with van der Waals surface area (Å²) >= 11 is 0. The number of anilines is 1. The number of hydrogen-bond donors (Lipinski definition) is 0. The molecule has 0 aliphatic carbocycles. The number of aromatic nitrogens is 3. The molecule has 0 spiro atoms. The van der Waals surface area contributed by atoms with Crippen molar-refractivity contribution in [2.45, 2.75) is 85.3 Å². The maximum Gasteiger partial charge on any atom is 0.410 e. The Morgan fingerprint density at radius 1 is 0.800 bits per heavy atom. The fraction of sp³-hybridized carbons (Fsp3) is 0.444. The number of hydrogen-bond acceptors (Lipinski definition) is 7. The first-order valence-corrected chi connectivity index (χ1v) is 19.8. The second kappa shape index (κ2) is 18.0. The number of likely N-dealkylation sites (tertiary alicyclic amines) is 1. The average Bonchev–Trinajstić information content (AvgIpc) is 3.55. The van der Waals surface area contributed by atoms with Crippen LogP contribution in [0.2, 0.25) is 0 Å². The molecular formula is C45H56FN5O4. The number of piperidine rings is 2. The van der Waals surface area contributed by atoms with Gasteiger partial charge in [0.25, 0.3) is 0 Å². The van der Waals surface area contributed by atoms with Crippen LogP contribution in [0.15, 0.2) is 91.0 Å². The molecule has 2 fully saturated rings. The van der Waals surface area contributed by atoms with Crippen LogP contribution in [0.5, 0.6) is 11.8 Å². The number of carbonyl (C=O) groups is 1. The third-order valence-corrected chi connectivity index (χ3v) is 10.4. The van der Waals surface area contributed by atoms with Gasteiger partial charge in [-0.3, -0.25) is 4.68 Å². The van der Waals surface area contributed by atoms with Crippen molar-refractivity contribution in [3.8, 4) is 23.0 Å². The van der Waals surface area contributed by atoms with Crippen LogP contribution in [0, 0.1) is 11.8 Å². The molecule has 0 bridgehead atoms. The number of alkyl halides is 1. The van der Waals surface area contributed by atoms with Crippen molar-refractivity contribution in [1.29, 1.82) is 0 Å². The molecule has 9 nitrogen and oxygen atoms in total. The second-order valence-electron chi connectivity index (χ2n) is 15.3. The molecule has 2 aliphatic rings. The van der Waals surface area contributed by atoms with Gasteiger partial charge in [0.1, 0.15) is 30.7 Å². The van der Waals surface area contributed by atoms with Gasteiger partial charge in [-0.05, 0) is 93.7 Å². The zero-order chi connectivity index (χ0) is 39.0. The van der Waals surface area contributed by atoms with Gasteiger partial charge in [-0.15, -0.1) is 0 Å². The Hall–Kier alpha value is -5.12. The van der Waals surface area contributed by atoms with Crippen LogP contribution < -0.4 is 14.4 Å². The molecular weight excluding hydrogens is 694 g/mol. The predicted octanol–water partition coefficient (Wildman–Crippen LogP) is 10.0. The molecule has 3 aromatic carbocycles. The molecule has 2 saturated heterocycles. The van der Waals surface area contributed by atoms with E-state index in [1.807, 2.05) is 119 Å². The fourth-order valence-electron chi connectivity index (χ4n) is 7.48. The monoisotopic (exact) mass is 749 g/mol. The summed E-state index contributed by atoms with van der Waals surface area (Å²) in [7, 11) is 1.96. The molecule has 1 atom stereocenters. The summed E-state index contributed by atoms with van der Waals surface area (Å²) < 4.78 is 35.7. The van der Waals surface area contributed by atoms with E-state index in [9.17, 15) is 4.79 Å².